The molecule has 1 aromatic carbocycles. The summed E-state index contributed by atoms with van der Waals surface area (Å²) in [6, 6.07) is 4.99. The van der Waals surface area contributed by atoms with Gasteiger partial charge in [-0.2, -0.15) is 0 Å². The number of carbonyl (C=O) groups is 1. The van der Waals surface area contributed by atoms with Gasteiger partial charge >= 0.3 is 0 Å². The third-order valence-electron chi connectivity index (χ3n) is 2.31. The summed E-state index contributed by atoms with van der Waals surface area (Å²) in [4.78, 5) is 11.0. The predicted octanol–water partition coefficient (Wildman–Crippen LogP) is 1.16. The molecule has 1 amide bonds. The molecule has 4 heteroatoms. The van der Waals surface area contributed by atoms with Crippen LogP contribution in [0.3, 0.4) is 0 Å². The lowest BCUT2D eigenvalue weighted by atomic mass is 10.0. The van der Waals surface area contributed by atoms with E-state index in [-0.39, 0.29) is 17.4 Å². The molecule has 0 aliphatic rings. The van der Waals surface area contributed by atoms with Crippen LogP contribution in [0, 0.1) is 0 Å². The van der Waals surface area contributed by atoms with Gasteiger partial charge in [0.15, 0.2) is 0 Å². The Bertz CT molecular complexity index is 364. The summed E-state index contributed by atoms with van der Waals surface area (Å²) in [6.45, 7) is 4.69. The largest absolute Gasteiger partial charge is 0.507 e. The number of carbonyl (C=O) groups excluding carboxylic acids is 1. The van der Waals surface area contributed by atoms with E-state index in [0.717, 1.165) is 6.54 Å². The maximum absolute atomic E-state index is 11.0. The average molecular weight is 208 g/mol. The molecule has 4 N–H and O–H groups in total. The molecular formula is C11H16N2O2. The molecule has 0 spiro atoms. The first-order chi connectivity index (χ1) is 7.07. The molecule has 1 rings (SSSR count). The Morgan fingerprint density at radius 3 is 2.80 bits per heavy atom. The van der Waals surface area contributed by atoms with Gasteiger partial charge in [-0.15, -0.1) is 0 Å². The number of primary amides is 1. The van der Waals surface area contributed by atoms with Gasteiger partial charge in [-0.3, -0.25) is 4.79 Å². The van der Waals surface area contributed by atoms with Gasteiger partial charge in [0.2, 0.25) is 0 Å². The first kappa shape index (κ1) is 11.5. The minimum Gasteiger partial charge on any atom is -0.507 e. The fourth-order valence-electron chi connectivity index (χ4n) is 1.53. The summed E-state index contributed by atoms with van der Waals surface area (Å²) in [5, 5.41) is 13.0. The van der Waals surface area contributed by atoms with Gasteiger partial charge in [0.1, 0.15) is 5.75 Å². The summed E-state index contributed by atoms with van der Waals surface area (Å²) in [5.41, 5.74) is 5.99. The van der Waals surface area contributed by atoms with Gasteiger partial charge in [-0.25, -0.2) is 0 Å². The molecule has 0 saturated carbocycles. The molecule has 0 aliphatic heterocycles. The van der Waals surface area contributed by atoms with Crippen LogP contribution < -0.4 is 11.1 Å². The van der Waals surface area contributed by atoms with Gasteiger partial charge in [0.05, 0.1) is 5.56 Å². The number of rotatable bonds is 4. The zero-order valence-corrected chi connectivity index (χ0v) is 8.95. The van der Waals surface area contributed by atoms with Crippen LogP contribution >= 0.6 is 0 Å². The highest BCUT2D eigenvalue weighted by Gasteiger charge is 2.14. The standard InChI is InChI=1S/C11H16N2O2/c1-3-13-7(2)8-5-4-6-9(10(8)14)11(12)15/h4-7,13-14H,3H2,1-2H3,(H2,12,15). The second-order valence-corrected chi connectivity index (χ2v) is 3.39. The predicted molar refractivity (Wildman–Crippen MR) is 58.7 cm³/mol. The number of nitrogens with one attached hydrogen (secondary N) is 1. The highest BCUT2D eigenvalue weighted by Crippen LogP contribution is 2.27. The molecule has 0 aliphatic carbocycles. The van der Waals surface area contributed by atoms with Crippen molar-refractivity contribution in [2.24, 2.45) is 5.73 Å². The third kappa shape index (κ3) is 2.47. The molecule has 4 nitrogen and oxygen atoms in total. The lowest BCUT2D eigenvalue weighted by Crippen LogP contribution is -2.19. The van der Waals surface area contributed by atoms with Crippen molar-refractivity contribution in [3.8, 4) is 5.75 Å². The zero-order valence-electron chi connectivity index (χ0n) is 8.95. The summed E-state index contributed by atoms with van der Waals surface area (Å²) in [5.74, 6) is -0.642. The Morgan fingerprint density at radius 2 is 2.27 bits per heavy atom. The number of nitrogens with two attached hydrogens (primary N) is 1. The molecule has 0 heterocycles. The van der Waals surface area contributed by atoms with Gasteiger partial charge in [0.25, 0.3) is 5.91 Å². The third-order valence-corrected chi connectivity index (χ3v) is 2.31. The Morgan fingerprint density at radius 1 is 1.60 bits per heavy atom. The van der Waals surface area contributed by atoms with Crippen molar-refractivity contribution in [1.82, 2.24) is 5.32 Å². The number of para-hydroxylation sites is 1. The summed E-state index contributed by atoms with van der Waals surface area (Å²) < 4.78 is 0. The van der Waals surface area contributed by atoms with Crippen LogP contribution in [0.15, 0.2) is 18.2 Å². The number of benzene rings is 1. The Balaban J connectivity index is 3.09. The fourth-order valence-corrected chi connectivity index (χ4v) is 1.53. The SMILES string of the molecule is CCNC(C)c1cccc(C(N)=O)c1O. The first-order valence-electron chi connectivity index (χ1n) is 4.93. The second-order valence-electron chi connectivity index (χ2n) is 3.39. The Labute approximate surface area is 89.1 Å². The Kier molecular flexibility index (Phi) is 3.68. The zero-order chi connectivity index (χ0) is 11.4. The van der Waals surface area contributed by atoms with E-state index < -0.39 is 5.91 Å². The molecule has 0 saturated heterocycles. The maximum Gasteiger partial charge on any atom is 0.252 e. The van der Waals surface area contributed by atoms with Crippen molar-refractivity contribution in [3.05, 3.63) is 29.3 Å². The molecular weight excluding hydrogens is 192 g/mol. The van der Waals surface area contributed by atoms with Gasteiger partial charge in [-0.1, -0.05) is 19.1 Å². The van der Waals surface area contributed by atoms with E-state index in [0.29, 0.717) is 5.56 Å². The Hall–Kier alpha value is -1.55. The van der Waals surface area contributed by atoms with Gasteiger partial charge in [0, 0.05) is 11.6 Å². The van der Waals surface area contributed by atoms with E-state index in [9.17, 15) is 9.90 Å². The van der Waals surface area contributed by atoms with Crippen molar-refractivity contribution in [2.45, 2.75) is 19.9 Å². The van der Waals surface area contributed by atoms with Crippen LogP contribution in [0.5, 0.6) is 5.75 Å². The fraction of sp³-hybridized carbons (Fsp3) is 0.364. The molecule has 0 fully saturated rings. The molecule has 15 heavy (non-hydrogen) atoms. The average Bonchev–Trinajstić information content (AvgIpc) is 2.17. The summed E-state index contributed by atoms with van der Waals surface area (Å²) in [6.07, 6.45) is 0. The van der Waals surface area contributed by atoms with Gasteiger partial charge in [-0.05, 0) is 19.5 Å². The van der Waals surface area contributed by atoms with Crippen LogP contribution in [0.25, 0.3) is 0 Å². The van der Waals surface area contributed by atoms with Crippen LogP contribution in [-0.4, -0.2) is 17.6 Å². The first-order valence-corrected chi connectivity index (χ1v) is 4.93. The quantitative estimate of drug-likeness (QED) is 0.695. The van der Waals surface area contributed by atoms with Crippen LogP contribution in [0.4, 0.5) is 0 Å². The molecule has 0 aromatic heterocycles. The normalized spacial score (nSPS) is 12.4. The van der Waals surface area contributed by atoms with E-state index in [1.807, 2.05) is 13.8 Å². The second kappa shape index (κ2) is 4.79. The number of hydrogen-bond donors (Lipinski definition) is 3. The molecule has 1 aromatic rings. The maximum atomic E-state index is 11.0. The lowest BCUT2D eigenvalue weighted by Gasteiger charge is -2.15. The van der Waals surface area contributed by atoms with Crippen molar-refractivity contribution >= 4 is 5.91 Å². The molecule has 0 bridgehead atoms. The van der Waals surface area contributed by atoms with Gasteiger partial charge < -0.3 is 16.2 Å². The lowest BCUT2D eigenvalue weighted by molar-refractivity contribution is 0.0997. The number of amides is 1. The van der Waals surface area contributed by atoms with E-state index >= 15 is 0 Å². The van der Waals surface area contributed by atoms with E-state index in [1.165, 1.54) is 6.07 Å². The van der Waals surface area contributed by atoms with Crippen LogP contribution in [0.2, 0.25) is 0 Å². The molecule has 1 atom stereocenters. The van der Waals surface area contributed by atoms with E-state index in [4.69, 9.17) is 5.73 Å². The van der Waals surface area contributed by atoms with Crippen molar-refractivity contribution in [1.29, 1.82) is 0 Å². The molecule has 82 valence electrons. The minimum absolute atomic E-state index is 0.00528. The minimum atomic E-state index is -0.613. The van der Waals surface area contributed by atoms with Crippen LogP contribution in [0.1, 0.15) is 35.8 Å². The van der Waals surface area contributed by atoms with Crippen molar-refractivity contribution < 1.29 is 9.90 Å². The molecule has 0 radical (unpaired) electrons. The smallest absolute Gasteiger partial charge is 0.252 e. The van der Waals surface area contributed by atoms with Crippen LogP contribution in [-0.2, 0) is 0 Å². The van der Waals surface area contributed by atoms with Crippen molar-refractivity contribution in [3.63, 3.8) is 0 Å². The highest BCUT2D eigenvalue weighted by molar-refractivity contribution is 5.95. The number of phenols is 1. The van der Waals surface area contributed by atoms with E-state index in [1.54, 1.807) is 12.1 Å². The number of hydrogen-bond acceptors (Lipinski definition) is 3. The molecule has 1 unspecified atom stereocenters. The van der Waals surface area contributed by atoms with E-state index in [2.05, 4.69) is 5.32 Å². The summed E-state index contributed by atoms with van der Waals surface area (Å²) >= 11 is 0. The highest BCUT2D eigenvalue weighted by atomic mass is 16.3. The van der Waals surface area contributed by atoms with Crippen molar-refractivity contribution in [2.75, 3.05) is 6.54 Å². The monoisotopic (exact) mass is 208 g/mol. The summed E-state index contributed by atoms with van der Waals surface area (Å²) in [7, 11) is 0. The topological polar surface area (TPSA) is 75.3 Å². The number of aromatic hydroxyl groups is 1.